The highest BCUT2D eigenvalue weighted by atomic mass is 16.5. The molecule has 4 nitrogen and oxygen atoms in total. The number of benzene rings is 1. The second-order valence-corrected chi connectivity index (χ2v) is 6.16. The minimum absolute atomic E-state index is 0.0965. The molecule has 0 aliphatic carbocycles. The zero-order chi connectivity index (χ0) is 15.9. The Labute approximate surface area is 133 Å². The third kappa shape index (κ3) is 4.55. The van der Waals surface area contributed by atoms with Crippen molar-refractivity contribution in [2.24, 2.45) is 5.73 Å². The minimum atomic E-state index is -0.338. The summed E-state index contributed by atoms with van der Waals surface area (Å²) in [4.78, 5) is 14.1. The molecule has 2 rings (SSSR count). The Morgan fingerprint density at radius 1 is 1.36 bits per heavy atom. The summed E-state index contributed by atoms with van der Waals surface area (Å²) in [5, 5.41) is 0. The summed E-state index contributed by atoms with van der Waals surface area (Å²) < 4.78 is 6.02. The number of piperidine rings is 1. The number of aryl methyl sites for hydroxylation is 1. The van der Waals surface area contributed by atoms with Crippen LogP contribution in [0.15, 0.2) is 24.3 Å². The molecule has 1 fully saturated rings. The van der Waals surface area contributed by atoms with E-state index in [-0.39, 0.29) is 18.1 Å². The van der Waals surface area contributed by atoms with E-state index in [2.05, 4.69) is 26.0 Å². The molecule has 1 aromatic rings. The lowest BCUT2D eigenvalue weighted by atomic mass is 10.0. The lowest BCUT2D eigenvalue weighted by Gasteiger charge is -2.33. The Morgan fingerprint density at radius 2 is 2.05 bits per heavy atom. The molecule has 2 N–H and O–H groups in total. The quantitative estimate of drug-likeness (QED) is 0.879. The topological polar surface area (TPSA) is 55.6 Å². The predicted molar refractivity (Wildman–Crippen MR) is 88.5 cm³/mol. The summed E-state index contributed by atoms with van der Waals surface area (Å²) >= 11 is 0. The van der Waals surface area contributed by atoms with Crippen molar-refractivity contribution in [1.29, 1.82) is 0 Å². The van der Waals surface area contributed by atoms with Gasteiger partial charge in [-0.3, -0.25) is 4.79 Å². The smallest absolute Gasteiger partial charge is 0.239 e. The van der Waals surface area contributed by atoms with Crippen molar-refractivity contribution in [2.45, 2.75) is 58.3 Å². The maximum absolute atomic E-state index is 12.2. The first-order valence-corrected chi connectivity index (χ1v) is 8.32. The zero-order valence-corrected chi connectivity index (χ0v) is 13.8. The molecule has 0 aromatic heterocycles. The van der Waals surface area contributed by atoms with E-state index in [0.29, 0.717) is 6.61 Å². The number of nitrogens with zero attached hydrogens (tertiary/aromatic N) is 1. The first kappa shape index (κ1) is 17.0. The van der Waals surface area contributed by atoms with Crippen molar-refractivity contribution in [3.05, 3.63) is 35.4 Å². The van der Waals surface area contributed by atoms with Crippen LogP contribution in [0.4, 0.5) is 0 Å². The van der Waals surface area contributed by atoms with E-state index in [9.17, 15) is 4.79 Å². The van der Waals surface area contributed by atoms with Crippen molar-refractivity contribution in [3.63, 3.8) is 0 Å². The number of hydrogen-bond donors (Lipinski definition) is 1. The molecule has 1 heterocycles. The number of nitrogens with two attached hydrogens (primary N) is 1. The normalized spacial score (nSPS) is 17.5. The standard InChI is InChI=1S/C18H28N2O2/c1-3-6-17(19)18(21)20-11-9-16(10-12-20)22-13-15-8-5-4-7-14(15)2/h4-5,7-8,16-17H,3,6,9-13,19H2,1-2H3/t17-/m1/s1. The van der Waals surface area contributed by atoms with Crippen LogP contribution >= 0.6 is 0 Å². The lowest BCUT2D eigenvalue weighted by Crippen LogP contribution is -2.48. The van der Waals surface area contributed by atoms with E-state index in [0.717, 1.165) is 38.8 Å². The average Bonchev–Trinajstić information content (AvgIpc) is 2.54. The molecule has 4 heteroatoms. The predicted octanol–water partition coefficient (Wildman–Crippen LogP) is 2.63. The van der Waals surface area contributed by atoms with Crippen LogP contribution in [0, 0.1) is 6.92 Å². The van der Waals surface area contributed by atoms with Gasteiger partial charge < -0.3 is 15.4 Å². The van der Waals surface area contributed by atoms with E-state index < -0.39 is 0 Å². The number of ether oxygens (including phenoxy) is 1. The van der Waals surface area contributed by atoms with Crippen LogP contribution in [0.25, 0.3) is 0 Å². The maximum Gasteiger partial charge on any atom is 0.239 e. The van der Waals surface area contributed by atoms with Gasteiger partial charge in [-0.1, -0.05) is 37.6 Å². The fraction of sp³-hybridized carbons (Fsp3) is 0.611. The Morgan fingerprint density at radius 3 is 2.68 bits per heavy atom. The molecule has 0 saturated carbocycles. The minimum Gasteiger partial charge on any atom is -0.373 e. The van der Waals surface area contributed by atoms with Crippen LogP contribution in [-0.4, -0.2) is 36.0 Å². The molecule has 1 atom stereocenters. The van der Waals surface area contributed by atoms with Gasteiger partial charge in [0.25, 0.3) is 0 Å². The molecule has 0 unspecified atom stereocenters. The van der Waals surface area contributed by atoms with Crippen LogP contribution in [0.2, 0.25) is 0 Å². The van der Waals surface area contributed by atoms with Crippen molar-refractivity contribution in [2.75, 3.05) is 13.1 Å². The molecule has 0 radical (unpaired) electrons. The van der Waals surface area contributed by atoms with Gasteiger partial charge in [0.05, 0.1) is 18.8 Å². The average molecular weight is 304 g/mol. The van der Waals surface area contributed by atoms with Crippen molar-refractivity contribution in [3.8, 4) is 0 Å². The maximum atomic E-state index is 12.2. The van der Waals surface area contributed by atoms with Gasteiger partial charge in [0.1, 0.15) is 0 Å². The first-order valence-electron chi connectivity index (χ1n) is 8.32. The number of carbonyl (C=O) groups is 1. The second kappa shape index (κ2) is 8.30. The fourth-order valence-electron chi connectivity index (χ4n) is 2.89. The molecule has 1 amide bonds. The van der Waals surface area contributed by atoms with Crippen LogP contribution in [0.1, 0.15) is 43.7 Å². The third-order valence-corrected chi connectivity index (χ3v) is 4.41. The largest absolute Gasteiger partial charge is 0.373 e. The monoisotopic (exact) mass is 304 g/mol. The summed E-state index contributed by atoms with van der Waals surface area (Å²) in [6.07, 6.45) is 3.75. The Bertz CT molecular complexity index is 482. The van der Waals surface area contributed by atoms with Crippen molar-refractivity contribution < 1.29 is 9.53 Å². The third-order valence-electron chi connectivity index (χ3n) is 4.41. The Kier molecular flexibility index (Phi) is 6.40. The molecule has 22 heavy (non-hydrogen) atoms. The van der Waals surface area contributed by atoms with Crippen LogP contribution < -0.4 is 5.73 Å². The molecule has 0 spiro atoms. The van der Waals surface area contributed by atoms with E-state index in [1.54, 1.807) is 0 Å². The SMILES string of the molecule is CCC[C@@H](N)C(=O)N1CCC(OCc2ccccc2C)CC1. The lowest BCUT2D eigenvalue weighted by molar-refractivity contribution is -0.135. The molecule has 1 aliphatic heterocycles. The summed E-state index contributed by atoms with van der Waals surface area (Å²) in [7, 11) is 0. The highest BCUT2D eigenvalue weighted by Gasteiger charge is 2.26. The summed E-state index contributed by atoms with van der Waals surface area (Å²) in [6, 6.07) is 7.96. The van der Waals surface area contributed by atoms with Gasteiger partial charge in [0.15, 0.2) is 0 Å². The highest BCUT2D eigenvalue weighted by molar-refractivity contribution is 5.81. The van der Waals surface area contributed by atoms with E-state index in [1.165, 1.54) is 11.1 Å². The Hall–Kier alpha value is -1.39. The van der Waals surface area contributed by atoms with Gasteiger partial charge >= 0.3 is 0 Å². The first-order chi connectivity index (χ1) is 10.6. The fourth-order valence-corrected chi connectivity index (χ4v) is 2.89. The van der Waals surface area contributed by atoms with Crippen molar-refractivity contribution >= 4 is 5.91 Å². The van der Waals surface area contributed by atoms with Gasteiger partial charge in [0, 0.05) is 13.1 Å². The van der Waals surface area contributed by atoms with Crippen molar-refractivity contribution in [1.82, 2.24) is 4.90 Å². The number of carbonyl (C=O) groups excluding carboxylic acids is 1. The van der Waals surface area contributed by atoms with Crippen LogP contribution in [0.5, 0.6) is 0 Å². The molecule has 1 aliphatic rings. The molecule has 1 aromatic carbocycles. The van der Waals surface area contributed by atoms with E-state index in [4.69, 9.17) is 10.5 Å². The van der Waals surface area contributed by atoms with Crippen LogP contribution in [0.3, 0.4) is 0 Å². The highest BCUT2D eigenvalue weighted by Crippen LogP contribution is 2.18. The van der Waals surface area contributed by atoms with Gasteiger partial charge in [-0.2, -0.15) is 0 Å². The number of hydrogen-bond acceptors (Lipinski definition) is 3. The zero-order valence-electron chi connectivity index (χ0n) is 13.8. The molecular weight excluding hydrogens is 276 g/mol. The van der Waals surface area contributed by atoms with Gasteiger partial charge in [-0.15, -0.1) is 0 Å². The molecule has 0 bridgehead atoms. The number of likely N-dealkylation sites (tertiary alicyclic amines) is 1. The summed E-state index contributed by atoms with van der Waals surface area (Å²) in [5.74, 6) is 0.0965. The number of rotatable bonds is 6. The van der Waals surface area contributed by atoms with E-state index >= 15 is 0 Å². The van der Waals surface area contributed by atoms with Gasteiger partial charge in [-0.25, -0.2) is 0 Å². The second-order valence-electron chi connectivity index (χ2n) is 6.16. The van der Waals surface area contributed by atoms with Gasteiger partial charge in [-0.05, 0) is 37.3 Å². The summed E-state index contributed by atoms with van der Waals surface area (Å²) in [5.41, 5.74) is 8.43. The number of amides is 1. The summed E-state index contributed by atoms with van der Waals surface area (Å²) in [6.45, 7) is 6.33. The Balaban J connectivity index is 1.75. The molecule has 122 valence electrons. The molecule has 1 saturated heterocycles. The molecular formula is C18H28N2O2. The van der Waals surface area contributed by atoms with Crippen LogP contribution in [-0.2, 0) is 16.1 Å². The van der Waals surface area contributed by atoms with E-state index in [1.807, 2.05) is 17.0 Å². The van der Waals surface area contributed by atoms with Gasteiger partial charge in [0.2, 0.25) is 5.91 Å².